The van der Waals surface area contributed by atoms with E-state index in [9.17, 15) is 48.9 Å². The van der Waals surface area contributed by atoms with Gasteiger partial charge in [-0.05, 0) is 56.5 Å². The molecule has 12 atom stereocenters. The molecule has 3 saturated heterocycles. The van der Waals surface area contributed by atoms with Crippen LogP contribution >= 0.6 is 23.5 Å². The van der Waals surface area contributed by atoms with Crippen LogP contribution in [0.3, 0.4) is 0 Å². The van der Waals surface area contributed by atoms with E-state index in [0.29, 0.717) is 40.6 Å². The van der Waals surface area contributed by atoms with Gasteiger partial charge in [0, 0.05) is 58.5 Å². The summed E-state index contributed by atoms with van der Waals surface area (Å²) in [6, 6.07) is 9.67. The topological polar surface area (TPSA) is 268 Å². The molecule has 0 radical (unpaired) electrons. The molecule has 3 amide bonds. The van der Waals surface area contributed by atoms with E-state index < -0.39 is 89.0 Å². The zero-order valence-corrected chi connectivity index (χ0v) is 38.0. The fraction of sp³-hybridized carbons (Fsp3) is 0.467. The second-order valence-corrected chi connectivity index (χ2v) is 19.7. The fourth-order valence-electron chi connectivity index (χ4n) is 9.76. The van der Waals surface area contributed by atoms with Crippen LogP contribution in [0.2, 0.25) is 0 Å². The predicted molar refractivity (Wildman–Crippen MR) is 238 cm³/mol. The summed E-state index contributed by atoms with van der Waals surface area (Å²) in [6.45, 7) is 7.69. The average Bonchev–Trinajstić information content (AvgIpc) is 4.03. The van der Waals surface area contributed by atoms with E-state index >= 15 is 4.79 Å². The number of carboxylic acids is 1. The Morgan fingerprint density at radius 1 is 0.894 bits per heavy atom. The van der Waals surface area contributed by atoms with E-state index in [1.807, 2.05) is 6.92 Å². The molecule has 2 aromatic carbocycles. The highest BCUT2D eigenvalue weighted by molar-refractivity contribution is 8.04. The summed E-state index contributed by atoms with van der Waals surface area (Å²) < 4.78 is 15.3. The highest BCUT2D eigenvalue weighted by atomic mass is 32.2. The molecule has 0 saturated carbocycles. The third-order valence-electron chi connectivity index (χ3n) is 12.8. The monoisotopic (exact) mass is 949 g/mol. The first-order valence-electron chi connectivity index (χ1n) is 21.4. The minimum atomic E-state index is -1.32. The lowest BCUT2D eigenvalue weighted by molar-refractivity contribution is -0.163. The van der Waals surface area contributed by atoms with Gasteiger partial charge in [-0.1, -0.05) is 32.0 Å². The maximum absolute atomic E-state index is 15.0. The van der Waals surface area contributed by atoms with Crippen molar-refractivity contribution in [2.24, 2.45) is 23.7 Å². The van der Waals surface area contributed by atoms with Gasteiger partial charge in [0.1, 0.15) is 23.2 Å². The summed E-state index contributed by atoms with van der Waals surface area (Å²) in [5, 5.41) is 40.6. The van der Waals surface area contributed by atoms with Gasteiger partial charge in [-0.2, -0.15) is 0 Å². The first-order chi connectivity index (χ1) is 31.6. The number of hydrogen-bond acceptors (Lipinski definition) is 17. The van der Waals surface area contributed by atoms with Gasteiger partial charge >= 0.3 is 5.97 Å². The maximum Gasteiger partial charge on any atom is 0.353 e. The molecule has 7 rings (SSSR count). The summed E-state index contributed by atoms with van der Waals surface area (Å²) in [4.78, 5) is 106. The van der Waals surface area contributed by atoms with Crippen LogP contribution in [-0.2, 0) is 49.5 Å². The van der Waals surface area contributed by atoms with Crippen LogP contribution in [0.5, 0.6) is 11.5 Å². The Hall–Kier alpha value is -5.74. The number of ketones is 1. The van der Waals surface area contributed by atoms with Crippen molar-refractivity contribution >= 4 is 78.1 Å². The lowest BCUT2D eigenvalue weighted by Gasteiger charge is -2.46. The first kappa shape index (κ1) is 48.2. The SMILES string of the molecule is C[C@H]1C(S[C@@H]2CN[C@H](C(=O)Cc3cccc(OC=O)c3)C2)=C(OC=O)NC1[C@H](C(=O)N1C[C@@H](SC2=C(C(=O)O)N3C(=O)[C@H]([C@@H](C)O)C3[C@H]2C)C[C@H]1C(=O)Nc1cccc(OC=O)c1)[C@@H](C)O. The van der Waals surface area contributed by atoms with Crippen molar-refractivity contribution in [1.82, 2.24) is 20.4 Å². The van der Waals surface area contributed by atoms with Crippen molar-refractivity contribution in [2.75, 3.05) is 18.4 Å². The molecule has 5 aliphatic heterocycles. The lowest BCUT2D eigenvalue weighted by Crippen LogP contribution is -2.63. The van der Waals surface area contributed by atoms with Crippen molar-refractivity contribution in [3.05, 3.63) is 75.5 Å². The van der Waals surface area contributed by atoms with E-state index in [1.165, 1.54) is 47.5 Å². The summed E-state index contributed by atoms with van der Waals surface area (Å²) in [5.41, 5.74) is 0.736. The number of benzene rings is 2. The number of nitrogens with one attached hydrogen (secondary N) is 3. The molecule has 19 nitrogen and oxygen atoms in total. The normalized spacial score (nSPS) is 28.2. The first-order valence-corrected chi connectivity index (χ1v) is 23.2. The molecule has 5 aliphatic rings. The van der Waals surface area contributed by atoms with E-state index in [0.717, 1.165) is 11.8 Å². The summed E-state index contributed by atoms with van der Waals surface area (Å²) >= 11 is 2.54. The number of fused-ring (bicyclic) bond motifs is 1. The molecule has 0 spiro atoms. The number of carboxylic acid groups (broad SMARTS) is 1. The Labute approximate surface area is 388 Å². The highest BCUT2D eigenvalue weighted by Gasteiger charge is 2.60. The molecule has 21 heteroatoms. The summed E-state index contributed by atoms with van der Waals surface area (Å²) in [5.74, 6) is -5.56. The number of hydrogen-bond donors (Lipinski definition) is 6. The lowest BCUT2D eigenvalue weighted by atomic mass is 9.79. The van der Waals surface area contributed by atoms with Gasteiger partial charge in [0.15, 0.2) is 5.78 Å². The smallest absolute Gasteiger partial charge is 0.353 e. The number of Topliss-reactive ketones (excluding diaryl/α,β-unsaturated/α-hetero) is 1. The quantitative estimate of drug-likeness (QED) is 0.0816. The number of thioether (sulfide) groups is 2. The van der Waals surface area contributed by atoms with Gasteiger partial charge in [-0.3, -0.25) is 33.6 Å². The maximum atomic E-state index is 15.0. The molecule has 2 unspecified atom stereocenters. The number of anilines is 1. The Bertz CT molecular complexity index is 2340. The molecule has 2 aromatic rings. The second kappa shape index (κ2) is 20.4. The van der Waals surface area contributed by atoms with Crippen molar-refractivity contribution in [1.29, 1.82) is 0 Å². The second-order valence-electron chi connectivity index (χ2n) is 17.1. The molecule has 352 valence electrons. The van der Waals surface area contributed by atoms with Gasteiger partial charge in [-0.25, -0.2) is 4.79 Å². The van der Waals surface area contributed by atoms with E-state index in [4.69, 9.17) is 14.2 Å². The summed E-state index contributed by atoms with van der Waals surface area (Å²) in [6.07, 6.45) is -1.75. The number of likely N-dealkylation sites (tertiary alicyclic amines) is 1. The van der Waals surface area contributed by atoms with Gasteiger partial charge < -0.3 is 55.3 Å². The minimum Gasteiger partial charge on any atom is -0.477 e. The zero-order chi connectivity index (χ0) is 47.6. The van der Waals surface area contributed by atoms with Crippen LogP contribution < -0.4 is 25.4 Å². The van der Waals surface area contributed by atoms with E-state index in [1.54, 1.807) is 43.3 Å². The van der Waals surface area contributed by atoms with Crippen LogP contribution in [0, 0.1) is 23.7 Å². The Kier molecular flexibility index (Phi) is 14.9. The van der Waals surface area contributed by atoms with Crippen molar-refractivity contribution in [3.8, 4) is 11.5 Å². The Morgan fingerprint density at radius 2 is 1.56 bits per heavy atom. The number of amides is 3. The standard InChI is InChI=1S/C45H51N5O14S2/c1-21-36(48-42(64-20-53)40(21)65-29-14-31(46-16-29)33(56)12-25-7-5-9-27(11-25)62-18-51)34(23(3)54)43(58)49-17-30(15-32(49)41(57)47-26-8-6-10-28(13-26)63-19-52)66-39-22(2)37-35(24(4)55)44(59)50(37)38(39)45(60)61/h5-11,13,18-24,29-32,34-37,46,48,54-55H,12,14-17H2,1-4H3,(H,47,57)(H,60,61)/t21-,22-,23-,24-,29+,30+,31+,32+,34-,35-,36?,37?/m1/s1. The molecule has 66 heavy (non-hydrogen) atoms. The number of aliphatic hydroxyl groups is 2. The molecule has 5 heterocycles. The highest BCUT2D eigenvalue weighted by Crippen LogP contribution is 2.52. The van der Waals surface area contributed by atoms with Crippen LogP contribution in [0.1, 0.15) is 46.1 Å². The zero-order valence-electron chi connectivity index (χ0n) is 36.4. The summed E-state index contributed by atoms with van der Waals surface area (Å²) in [7, 11) is 0. The van der Waals surface area contributed by atoms with Crippen LogP contribution in [0.15, 0.2) is 69.9 Å². The Morgan fingerprint density at radius 3 is 2.21 bits per heavy atom. The van der Waals surface area contributed by atoms with Crippen LogP contribution in [0.4, 0.5) is 5.69 Å². The fourth-order valence-corrected chi connectivity index (χ4v) is 12.7. The third-order valence-corrected chi connectivity index (χ3v) is 15.8. The molecule has 0 aromatic heterocycles. The molecule has 0 aliphatic carbocycles. The predicted octanol–water partition coefficient (Wildman–Crippen LogP) is 1.77. The minimum absolute atomic E-state index is 0.0416. The van der Waals surface area contributed by atoms with Gasteiger partial charge in [0.25, 0.3) is 19.4 Å². The average molecular weight is 950 g/mol. The molecule has 6 N–H and O–H groups in total. The third kappa shape index (κ3) is 9.71. The van der Waals surface area contributed by atoms with Gasteiger partial charge in [0.2, 0.25) is 23.6 Å². The van der Waals surface area contributed by atoms with Crippen molar-refractivity contribution < 1.29 is 67.9 Å². The number of aliphatic hydroxyl groups excluding tert-OH is 2. The molecular weight excluding hydrogens is 899 g/mol. The number of ether oxygens (including phenoxy) is 3. The van der Waals surface area contributed by atoms with Gasteiger partial charge in [0.05, 0.1) is 47.1 Å². The van der Waals surface area contributed by atoms with Crippen molar-refractivity contribution in [3.63, 3.8) is 0 Å². The Balaban J connectivity index is 1.11. The number of aliphatic carboxylic acids is 1. The number of rotatable bonds is 20. The van der Waals surface area contributed by atoms with E-state index in [2.05, 4.69) is 16.0 Å². The van der Waals surface area contributed by atoms with E-state index in [-0.39, 0.29) is 66.4 Å². The molecule has 3 fully saturated rings. The van der Waals surface area contributed by atoms with Gasteiger partial charge in [-0.15, -0.1) is 23.5 Å². The van der Waals surface area contributed by atoms with Crippen molar-refractivity contribution in [2.45, 2.75) is 93.8 Å². The molecule has 0 bridgehead atoms. The van der Waals surface area contributed by atoms with Crippen LogP contribution in [-0.4, -0.2) is 134 Å². The number of carbonyl (C=O) groups is 8. The largest absolute Gasteiger partial charge is 0.477 e. The number of β-lactam (4-membered cyclic amide) rings is 1. The number of nitrogens with zero attached hydrogens (tertiary/aromatic N) is 2. The van der Waals surface area contributed by atoms with Crippen LogP contribution in [0.25, 0.3) is 0 Å². The molecular formula is C45H51N5O14S2. The number of carbonyl (C=O) groups excluding carboxylic acids is 7.